The van der Waals surface area contributed by atoms with Crippen LogP contribution in [0.5, 0.6) is 0 Å². The lowest BCUT2D eigenvalue weighted by atomic mass is 10.1. The maximum Gasteiger partial charge on any atom is 0.330 e. The molecule has 1 N–H and O–H groups in total. The van der Waals surface area contributed by atoms with Crippen LogP contribution in [0.15, 0.2) is 21.9 Å². The van der Waals surface area contributed by atoms with Crippen LogP contribution in [0.1, 0.15) is 27.0 Å². The highest BCUT2D eigenvalue weighted by molar-refractivity contribution is 8.14. The fraction of sp³-hybridized carbons (Fsp3) is 0.688. The van der Waals surface area contributed by atoms with Gasteiger partial charge >= 0.3 is 5.69 Å². The Balaban J connectivity index is 1.70. The van der Waals surface area contributed by atoms with Crippen LogP contribution in [0.25, 0.3) is 0 Å². The van der Waals surface area contributed by atoms with Gasteiger partial charge in [0.05, 0.1) is 6.10 Å². The van der Waals surface area contributed by atoms with Gasteiger partial charge in [-0.1, -0.05) is 11.8 Å². The molecule has 0 aliphatic carbocycles. The summed E-state index contributed by atoms with van der Waals surface area (Å²) in [6.45, 7) is 5.20. The molecule has 0 spiro atoms. The van der Waals surface area contributed by atoms with Crippen LogP contribution >= 0.6 is 23.5 Å². The third-order valence-electron chi connectivity index (χ3n) is 4.07. The van der Waals surface area contributed by atoms with Crippen molar-refractivity contribution in [2.24, 2.45) is 0 Å². The second-order valence-electron chi connectivity index (χ2n) is 6.56. The highest BCUT2D eigenvalue weighted by Gasteiger charge is 2.55. The number of aromatic amines is 1. The lowest BCUT2D eigenvalue weighted by molar-refractivity contribution is -0.194. The number of hydrogen-bond acceptors (Lipinski definition) is 8. The predicted molar refractivity (Wildman–Crippen MR) is 99.5 cm³/mol. The van der Waals surface area contributed by atoms with Gasteiger partial charge in [-0.25, -0.2) is 4.79 Å². The van der Waals surface area contributed by atoms with Crippen LogP contribution in [0.2, 0.25) is 0 Å². The number of H-pyrrole nitrogens is 1. The molecule has 0 radical (unpaired) electrons. The molecule has 0 unspecified atom stereocenters. The van der Waals surface area contributed by atoms with Crippen molar-refractivity contribution in [3.63, 3.8) is 0 Å². The fourth-order valence-corrected chi connectivity index (χ4v) is 4.85. The first kappa shape index (κ1) is 19.7. The molecule has 3 heterocycles. The van der Waals surface area contributed by atoms with Crippen LogP contribution in [-0.2, 0) is 19.0 Å². The van der Waals surface area contributed by atoms with E-state index in [0.29, 0.717) is 5.75 Å². The Bertz CT molecular complexity index is 776. The number of thioether (sulfide) groups is 2. The number of rotatable bonds is 6. The Morgan fingerprint density at radius 3 is 2.69 bits per heavy atom. The van der Waals surface area contributed by atoms with E-state index in [2.05, 4.69) is 4.98 Å². The van der Waals surface area contributed by atoms with Crippen molar-refractivity contribution in [2.45, 2.75) is 51.1 Å². The molecule has 1 aromatic rings. The van der Waals surface area contributed by atoms with E-state index >= 15 is 0 Å². The van der Waals surface area contributed by atoms with Gasteiger partial charge in [0.15, 0.2) is 17.1 Å². The Labute approximate surface area is 159 Å². The van der Waals surface area contributed by atoms with Crippen molar-refractivity contribution in [1.29, 1.82) is 0 Å². The maximum atomic E-state index is 12.1. The van der Waals surface area contributed by atoms with Crippen LogP contribution in [0.3, 0.4) is 0 Å². The van der Waals surface area contributed by atoms with Crippen LogP contribution < -0.4 is 11.2 Å². The fourth-order valence-electron chi connectivity index (χ4n) is 3.09. The summed E-state index contributed by atoms with van der Waals surface area (Å²) in [5.41, 5.74) is -1.000. The molecule has 4 atom stereocenters. The van der Waals surface area contributed by atoms with Crippen molar-refractivity contribution in [2.75, 3.05) is 17.3 Å². The lowest BCUT2D eigenvalue weighted by Crippen LogP contribution is -2.37. The first-order chi connectivity index (χ1) is 12.3. The Morgan fingerprint density at radius 1 is 1.27 bits per heavy atom. The molecule has 26 heavy (non-hydrogen) atoms. The second-order valence-corrected chi connectivity index (χ2v) is 8.98. The molecule has 144 valence electrons. The topological polar surface area (TPSA) is 99.6 Å². The monoisotopic (exact) mass is 402 g/mol. The zero-order valence-corrected chi connectivity index (χ0v) is 16.4. The third-order valence-corrected chi connectivity index (χ3v) is 6.20. The van der Waals surface area contributed by atoms with Gasteiger partial charge in [0.1, 0.15) is 12.2 Å². The average Bonchev–Trinajstić information content (AvgIpc) is 3.01. The molecule has 0 amide bonds. The molecule has 2 saturated heterocycles. The van der Waals surface area contributed by atoms with Crippen LogP contribution in [0, 0.1) is 0 Å². The minimum atomic E-state index is -0.767. The van der Waals surface area contributed by atoms with E-state index in [9.17, 15) is 14.4 Å². The van der Waals surface area contributed by atoms with E-state index in [0.717, 1.165) is 11.5 Å². The van der Waals surface area contributed by atoms with Gasteiger partial charge in [0.25, 0.3) is 5.56 Å². The van der Waals surface area contributed by atoms with E-state index in [1.165, 1.54) is 28.6 Å². The highest BCUT2D eigenvalue weighted by Crippen LogP contribution is 2.43. The zero-order valence-electron chi connectivity index (χ0n) is 14.8. The summed E-state index contributed by atoms with van der Waals surface area (Å²) in [6, 6.07) is 1.28. The number of nitrogens with one attached hydrogen (secondary N) is 1. The van der Waals surface area contributed by atoms with Crippen molar-refractivity contribution in [1.82, 2.24) is 9.55 Å². The van der Waals surface area contributed by atoms with Crippen LogP contribution in [0.4, 0.5) is 0 Å². The predicted octanol–water partition coefficient (Wildman–Crippen LogP) is 0.967. The molecule has 0 bridgehead atoms. The van der Waals surface area contributed by atoms with E-state index in [1.54, 1.807) is 18.7 Å². The maximum absolute atomic E-state index is 12.1. The first-order valence-electron chi connectivity index (χ1n) is 8.30. The standard InChI is InChI=1S/C16H22N2O6S2/c1-9(19)26-7-6-25-8-10-12-13(24-16(2,3)23-12)14(22-10)18-5-4-11(20)17-15(18)21/h4-5,10,12-14H,6-8H2,1-3H3,(H,17,20,21)/t10-,12-,13-,14-/m1/s1. The van der Waals surface area contributed by atoms with E-state index in [4.69, 9.17) is 14.2 Å². The molecule has 8 nitrogen and oxygen atoms in total. The smallest absolute Gasteiger partial charge is 0.330 e. The molecule has 0 saturated carbocycles. The van der Waals surface area contributed by atoms with Crippen LogP contribution in [-0.4, -0.2) is 56.0 Å². The largest absolute Gasteiger partial charge is 0.348 e. The number of ether oxygens (including phenoxy) is 3. The number of carbonyl (C=O) groups is 1. The summed E-state index contributed by atoms with van der Waals surface area (Å²) < 4.78 is 19.3. The molecular weight excluding hydrogens is 380 g/mol. The van der Waals surface area contributed by atoms with Crippen molar-refractivity contribution < 1.29 is 19.0 Å². The van der Waals surface area contributed by atoms with Crippen molar-refractivity contribution >= 4 is 28.6 Å². The minimum Gasteiger partial charge on any atom is -0.348 e. The highest BCUT2D eigenvalue weighted by atomic mass is 32.2. The normalized spacial score (nSPS) is 29.7. The Morgan fingerprint density at radius 2 is 2.00 bits per heavy atom. The quantitative estimate of drug-likeness (QED) is 0.703. The number of aromatic nitrogens is 2. The van der Waals surface area contributed by atoms with Gasteiger partial charge in [-0.2, -0.15) is 11.8 Å². The second kappa shape index (κ2) is 7.89. The van der Waals surface area contributed by atoms with Gasteiger partial charge in [-0.15, -0.1) is 0 Å². The number of nitrogens with zero attached hydrogens (tertiary/aromatic N) is 1. The van der Waals surface area contributed by atoms with E-state index in [1.807, 2.05) is 13.8 Å². The summed E-state index contributed by atoms with van der Waals surface area (Å²) in [6.07, 6.45) is -0.245. The Kier molecular flexibility index (Phi) is 5.97. The molecule has 0 aromatic carbocycles. The summed E-state index contributed by atoms with van der Waals surface area (Å²) in [7, 11) is 0. The van der Waals surface area contributed by atoms with E-state index < -0.39 is 29.4 Å². The van der Waals surface area contributed by atoms with Gasteiger partial charge in [-0.05, 0) is 13.8 Å². The SMILES string of the molecule is CC(=O)SCCSC[C@H]1O[C@@H](n2ccc(=O)[nH]c2=O)[C@@H]2OC(C)(C)O[C@@H]21. The molecular formula is C16H22N2O6S2. The van der Waals surface area contributed by atoms with Crippen molar-refractivity contribution in [3.8, 4) is 0 Å². The summed E-state index contributed by atoms with van der Waals surface area (Å²) in [5.74, 6) is 1.45. The number of hydrogen-bond donors (Lipinski definition) is 1. The lowest BCUT2D eigenvalue weighted by Gasteiger charge is -2.24. The summed E-state index contributed by atoms with van der Waals surface area (Å²) >= 11 is 2.96. The summed E-state index contributed by atoms with van der Waals surface area (Å²) in [5, 5.41) is 0.106. The van der Waals surface area contributed by atoms with Gasteiger partial charge < -0.3 is 14.2 Å². The van der Waals surface area contributed by atoms with Gasteiger partial charge in [-0.3, -0.25) is 19.1 Å². The molecule has 2 fully saturated rings. The number of carbonyl (C=O) groups excluding carboxylic acids is 1. The minimum absolute atomic E-state index is 0.106. The van der Waals surface area contributed by atoms with Crippen molar-refractivity contribution in [3.05, 3.63) is 33.1 Å². The molecule has 1 aromatic heterocycles. The molecule has 2 aliphatic rings. The molecule has 3 rings (SSSR count). The first-order valence-corrected chi connectivity index (χ1v) is 10.4. The average molecular weight is 402 g/mol. The summed E-state index contributed by atoms with van der Waals surface area (Å²) in [4.78, 5) is 36.7. The van der Waals surface area contributed by atoms with Gasteiger partial charge in [0, 0.05) is 36.4 Å². The Hall–Kier alpha value is -1.07. The zero-order chi connectivity index (χ0) is 18.9. The molecule has 2 aliphatic heterocycles. The third kappa shape index (κ3) is 4.42. The van der Waals surface area contributed by atoms with Gasteiger partial charge in [0.2, 0.25) is 0 Å². The molecule has 10 heteroatoms. The number of fused-ring (bicyclic) bond motifs is 1. The van der Waals surface area contributed by atoms with E-state index in [-0.39, 0.29) is 17.3 Å².